The largest absolute Gasteiger partial charge is 0.339 e. The van der Waals surface area contributed by atoms with E-state index in [9.17, 15) is 0 Å². The third-order valence-electron chi connectivity index (χ3n) is 2.68. The van der Waals surface area contributed by atoms with E-state index in [4.69, 9.17) is 10.3 Å². The summed E-state index contributed by atoms with van der Waals surface area (Å²) in [5, 5.41) is 4.61. The minimum Gasteiger partial charge on any atom is -0.339 e. The van der Waals surface area contributed by atoms with Gasteiger partial charge in [-0.3, -0.25) is 0 Å². The number of rotatable bonds is 7. The van der Waals surface area contributed by atoms with Crippen molar-refractivity contribution in [2.75, 3.05) is 6.54 Å². The second-order valence-electron chi connectivity index (χ2n) is 3.92. The quantitative estimate of drug-likeness (QED) is 0.797. The average Bonchev–Trinajstić information content (AvgIpc) is 2.76. The molecule has 0 radical (unpaired) electrons. The number of thioether (sulfide) groups is 1. The van der Waals surface area contributed by atoms with Crippen LogP contribution >= 0.6 is 11.8 Å². The van der Waals surface area contributed by atoms with Gasteiger partial charge in [0.25, 0.3) is 0 Å². The van der Waals surface area contributed by atoms with Crippen LogP contribution in [0.3, 0.4) is 0 Å². The predicted molar refractivity (Wildman–Crippen MR) is 67.4 cm³/mol. The van der Waals surface area contributed by atoms with Crippen LogP contribution < -0.4 is 5.73 Å². The first-order chi connectivity index (χ1) is 7.71. The van der Waals surface area contributed by atoms with E-state index in [0.29, 0.717) is 17.7 Å². The Morgan fingerprint density at radius 3 is 2.69 bits per heavy atom. The maximum absolute atomic E-state index is 5.64. The highest BCUT2D eigenvalue weighted by Crippen LogP contribution is 2.20. The zero-order chi connectivity index (χ0) is 12.0. The number of hydrogen-bond donors (Lipinski definition) is 1. The van der Waals surface area contributed by atoms with Crippen molar-refractivity contribution in [3.63, 3.8) is 0 Å². The summed E-state index contributed by atoms with van der Waals surface area (Å²) in [4.78, 5) is 4.38. The topological polar surface area (TPSA) is 64.9 Å². The highest BCUT2D eigenvalue weighted by molar-refractivity contribution is 7.99. The zero-order valence-electron chi connectivity index (χ0n) is 10.3. The van der Waals surface area contributed by atoms with Crippen molar-refractivity contribution in [2.24, 2.45) is 5.73 Å². The summed E-state index contributed by atoms with van der Waals surface area (Å²) in [5.41, 5.74) is 5.64. The Morgan fingerprint density at radius 1 is 1.38 bits per heavy atom. The van der Waals surface area contributed by atoms with Crippen LogP contribution in [-0.4, -0.2) is 21.9 Å². The van der Waals surface area contributed by atoms with Crippen LogP contribution in [-0.2, 0) is 5.75 Å². The van der Waals surface area contributed by atoms with Crippen molar-refractivity contribution >= 4 is 11.8 Å². The van der Waals surface area contributed by atoms with Crippen molar-refractivity contribution in [2.45, 2.75) is 50.5 Å². The van der Waals surface area contributed by atoms with Gasteiger partial charge >= 0.3 is 0 Å². The van der Waals surface area contributed by atoms with Crippen molar-refractivity contribution < 1.29 is 4.52 Å². The Labute approximate surface area is 101 Å². The molecule has 2 N–H and O–H groups in total. The van der Waals surface area contributed by atoms with Crippen LogP contribution in [0, 0.1) is 0 Å². The molecule has 16 heavy (non-hydrogen) atoms. The Bertz CT molecular complexity index is 299. The molecule has 1 aromatic rings. The minimum absolute atomic E-state index is 0.204. The van der Waals surface area contributed by atoms with Crippen LogP contribution in [0.5, 0.6) is 0 Å². The first kappa shape index (κ1) is 13.5. The summed E-state index contributed by atoms with van der Waals surface area (Å²) in [5.74, 6) is 2.49. The van der Waals surface area contributed by atoms with E-state index < -0.39 is 0 Å². The van der Waals surface area contributed by atoms with Gasteiger partial charge in [0.05, 0.1) is 11.7 Å². The molecule has 0 bridgehead atoms. The molecule has 0 aliphatic rings. The van der Waals surface area contributed by atoms with E-state index >= 15 is 0 Å². The van der Waals surface area contributed by atoms with Crippen molar-refractivity contribution in [1.82, 2.24) is 10.1 Å². The fourth-order valence-electron chi connectivity index (χ4n) is 1.27. The SMILES string of the molecule is CCC(C)SCc1noc(C(CC)CN)n1. The lowest BCUT2D eigenvalue weighted by Crippen LogP contribution is -2.11. The van der Waals surface area contributed by atoms with Crippen molar-refractivity contribution in [3.8, 4) is 0 Å². The highest BCUT2D eigenvalue weighted by atomic mass is 32.2. The monoisotopic (exact) mass is 243 g/mol. The predicted octanol–water partition coefficient (Wildman–Crippen LogP) is 2.55. The first-order valence-electron chi connectivity index (χ1n) is 5.85. The normalized spacial score (nSPS) is 15.0. The summed E-state index contributed by atoms with van der Waals surface area (Å²) in [6, 6.07) is 0. The molecule has 1 rings (SSSR count). The molecule has 1 heterocycles. The first-order valence-corrected chi connectivity index (χ1v) is 6.90. The van der Waals surface area contributed by atoms with E-state index in [2.05, 4.69) is 30.9 Å². The molecule has 1 aromatic heterocycles. The molecule has 0 amide bonds. The maximum atomic E-state index is 5.64. The molecule has 0 fully saturated rings. The summed E-state index contributed by atoms with van der Waals surface area (Å²) < 4.78 is 5.22. The molecule has 0 aromatic carbocycles. The standard InChI is InChI=1S/C11H21N3OS/c1-4-8(3)16-7-10-13-11(15-14-10)9(5-2)6-12/h8-9H,4-7,12H2,1-3H3. The molecule has 0 saturated heterocycles. The number of aromatic nitrogens is 2. The van der Waals surface area contributed by atoms with Gasteiger partial charge < -0.3 is 10.3 Å². The van der Waals surface area contributed by atoms with Gasteiger partial charge in [0.15, 0.2) is 5.82 Å². The van der Waals surface area contributed by atoms with Crippen LogP contribution in [0.15, 0.2) is 4.52 Å². The highest BCUT2D eigenvalue weighted by Gasteiger charge is 2.15. The van der Waals surface area contributed by atoms with Gasteiger partial charge in [-0.25, -0.2) is 0 Å². The Kier molecular flexibility index (Phi) is 5.84. The second kappa shape index (κ2) is 6.91. The summed E-state index contributed by atoms with van der Waals surface area (Å²) in [7, 11) is 0. The Morgan fingerprint density at radius 2 is 2.12 bits per heavy atom. The molecule has 2 unspecified atom stereocenters. The lowest BCUT2D eigenvalue weighted by Gasteiger charge is -2.05. The second-order valence-corrected chi connectivity index (χ2v) is 5.35. The molecular weight excluding hydrogens is 222 g/mol. The fourth-order valence-corrected chi connectivity index (χ4v) is 2.06. The lowest BCUT2D eigenvalue weighted by atomic mass is 10.1. The molecule has 0 spiro atoms. The molecule has 5 heteroatoms. The minimum atomic E-state index is 0.204. The van der Waals surface area contributed by atoms with Crippen LogP contribution in [0.2, 0.25) is 0 Å². The van der Waals surface area contributed by atoms with Gasteiger partial charge in [-0.15, -0.1) is 0 Å². The summed E-state index contributed by atoms with van der Waals surface area (Å²) >= 11 is 1.85. The molecule has 0 aliphatic heterocycles. The van der Waals surface area contributed by atoms with Crippen LogP contribution in [0.25, 0.3) is 0 Å². The third-order valence-corrected chi connectivity index (χ3v) is 4.01. The molecule has 0 aliphatic carbocycles. The van der Waals surface area contributed by atoms with Crippen molar-refractivity contribution in [1.29, 1.82) is 0 Å². The van der Waals surface area contributed by atoms with Crippen LogP contribution in [0.4, 0.5) is 0 Å². The molecule has 0 saturated carbocycles. The molecular formula is C11H21N3OS. The number of nitrogens with zero attached hydrogens (tertiary/aromatic N) is 2. The molecule has 4 nitrogen and oxygen atoms in total. The van der Waals surface area contributed by atoms with Gasteiger partial charge in [0.2, 0.25) is 5.89 Å². The number of hydrogen-bond acceptors (Lipinski definition) is 5. The summed E-state index contributed by atoms with van der Waals surface area (Å²) in [6.45, 7) is 7.03. The smallest absolute Gasteiger partial charge is 0.231 e. The Balaban J connectivity index is 2.51. The van der Waals surface area contributed by atoms with Gasteiger partial charge in [-0.05, 0) is 12.8 Å². The van der Waals surface area contributed by atoms with E-state index in [0.717, 1.165) is 24.4 Å². The maximum Gasteiger partial charge on any atom is 0.231 e. The van der Waals surface area contributed by atoms with Gasteiger partial charge in [0, 0.05) is 11.8 Å². The van der Waals surface area contributed by atoms with E-state index in [1.165, 1.54) is 0 Å². The Hall–Kier alpha value is -0.550. The molecule has 92 valence electrons. The van der Waals surface area contributed by atoms with Crippen molar-refractivity contribution in [3.05, 3.63) is 11.7 Å². The number of nitrogens with two attached hydrogens (primary N) is 1. The van der Waals surface area contributed by atoms with Crippen LogP contribution in [0.1, 0.15) is 51.2 Å². The van der Waals surface area contributed by atoms with E-state index in [1.807, 2.05) is 11.8 Å². The van der Waals surface area contributed by atoms with Gasteiger partial charge in [0.1, 0.15) is 0 Å². The van der Waals surface area contributed by atoms with E-state index in [1.54, 1.807) is 0 Å². The fraction of sp³-hybridized carbons (Fsp3) is 0.818. The summed E-state index contributed by atoms with van der Waals surface area (Å²) in [6.07, 6.45) is 2.10. The molecule has 2 atom stereocenters. The van der Waals surface area contributed by atoms with E-state index in [-0.39, 0.29) is 5.92 Å². The average molecular weight is 243 g/mol. The van der Waals surface area contributed by atoms with Gasteiger partial charge in [-0.1, -0.05) is 25.9 Å². The third kappa shape index (κ3) is 3.79. The lowest BCUT2D eigenvalue weighted by molar-refractivity contribution is 0.348. The zero-order valence-corrected chi connectivity index (χ0v) is 11.1. The van der Waals surface area contributed by atoms with Gasteiger partial charge in [-0.2, -0.15) is 16.7 Å².